The Labute approximate surface area is 155 Å². The molecule has 0 aromatic heterocycles. The van der Waals surface area contributed by atoms with Crippen molar-refractivity contribution in [2.45, 2.75) is 32.7 Å². The van der Waals surface area contributed by atoms with E-state index in [2.05, 4.69) is 36.4 Å². The van der Waals surface area contributed by atoms with Gasteiger partial charge in [-0.25, -0.2) is 0 Å². The van der Waals surface area contributed by atoms with E-state index in [1.165, 1.54) is 19.4 Å². The Morgan fingerprint density at radius 2 is 2.17 bits per heavy atom. The first kappa shape index (κ1) is 19.4. The highest BCUT2D eigenvalue weighted by Gasteiger charge is 2.17. The van der Waals surface area contributed by atoms with Gasteiger partial charge < -0.3 is 15.5 Å². The van der Waals surface area contributed by atoms with Gasteiger partial charge in [-0.1, -0.05) is 29.3 Å². The largest absolute Gasteiger partial charge is 0.357 e. The molecule has 0 saturated carbocycles. The Bertz CT molecular complexity index is 562. The summed E-state index contributed by atoms with van der Waals surface area (Å²) in [7, 11) is 2.19. The number of nitrogens with one attached hydrogen (secondary N) is 2. The van der Waals surface area contributed by atoms with Crippen molar-refractivity contribution in [3.05, 3.63) is 33.8 Å². The molecular formula is C18H28Cl2N4. The lowest BCUT2D eigenvalue weighted by Gasteiger charge is -2.29. The van der Waals surface area contributed by atoms with E-state index in [9.17, 15) is 0 Å². The van der Waals surface area contributed by atoms with Crippen LogP contribution < -0.4 is 10.6 Å². The normalized spacial score (nSPS) is 20.7. The summed E-state index contributed by atoms with van der Waals surface area (Å²) < 4.78 is 0. The summed E-state index contributed by atoms with van der Waals surface area (Å²) in [5.41, 5.74) is 1.09. The fourth-order valence-electron chi connectivity index (χ4n) is 3.03. The quantitative estimate of drug-likeness (QED) is 0.608. The highest BCUT2D eigenvalue weighted by Crippen LogP contribution is 2.25. The molecule has 0 radical (unpaired) electrons. The van der Waals surface area contributed by atoms with Gasteiger partial charge in [-0.2, -0.15) is 0 Å². The van der Waals surface area contributed by atoms with E-state index in [4.69, 9.17) is 28.2 Å². The summed E-state index contributed by atoms with van der Waals surface area (Å²) in [6, 6.07) is 5.83. The minimum Gasteiger partial charge on any atom is -0.357 e. The minimum atomic E-state index is 0.103. The zero-order valence-electron chi connectivity index (χ0n) is 14.8. The number of hydrogen-bond donors (Lipinski definition) is 2. The molecule has 1 aliphatic heterocycles. The van der Waals surface area contributed by atoms with Crippen LogP contribution in [0.25, 0.3) is 0 Å². The van der Waals surface area contributed by atoms with Crippen molar-refractivity contribution in [3.63, 3.8) is 0 Å². The van der Waals surface area contributed by atoms with Crippen molar-refractivity contribution in [2.24, 2.45) is 10.9 Å². The molecule has 2 unspecified atom stereocenters. The predicted molar refractivity (Wildman–Crippen MR) is 104 cm³/mol. The first-order valence-corrected chi connectivity index (χ1v) is 9.43. The molecule has 1 aromatic carbocycles. The van der Waals surface area contributed by atoms with E-state index < -0.39 is 0 Å². The molecule has 0 aliphatic carbocycles. The number of nitrogens with zero attached hydrogens (tertiary/aromatic N) is 2. The van der Waals surface area contributed by atoms with E-state index in [-0.39, 0.29) is 6.04 Å². The highest BCUT2D eigenvalue weighted by molar-refractivity contribution is 6.42. The fourth-order valence-corrected chi connectivity index (χ4v) is 3.34. The second kappa shape index (κ2) is 9.50. The van der Waals surface area contributed by atoms with Crippen molar-refractivity contribution in [1.29, 1.82) is 0 Å². The predicted octanol–water partition coefficient (Wildman–Crippen LogP) is 3.95. The van der Waals surface area contributed by atoms with Crippen molar-refractivity contribution in [2.75, 3.05) is 33.2 Å². The molecule has 1 fully saturated rings. The number of benzene rings is 1. The van der Waals surface area contributed by atoms with Crippen molar-refractivity contribution >= 4 is 29.2 Å². The monoisotopic (exact) mass is 370 g/mol. The average Bonchev–Trinajstić information content (AvgIpc) is 2.55. The van der Waals surface area contributed by atoms with Crippen LogP contribution in [0.2, 0.25) is 10.0 Å². The van der Waals surface area contributed by atoms with E-state index in [1.807, 2.05) is 18.2 Å². The molecule has 4 nitrogen and oxygen atoms in total. The topological polar surface area (TPSA) is 39.7 Å². The molecule has 0 bridgehead atoms. The Kier molecular flexibility index (Phi) is 7.66. The zero-order chi connectivity index (χ0) is 17.5. The summed E-state index contributed by atoms with van der Waals surface area (Å²) in [6.45, 7) is 8.20. The van der Waals surface area contributed by atoms with Gasteiger partial charge in [-0.15, -0.1) is 0 Å². The highest BCUT2D eigenvalue weighted by atomic mass is 35.5. The number of piperidine rings is 1. The van der Waals surface area contributed by atoms with Crippen LogP contribution in [0.1, 0.15) is 38.3 Å². The smallest absolute Gasteiger partial charge is 0.191 e. The maximum absolute atomic E-state index is 6.12. The summed E-state index contributed by atoms with van der Waals surface area (Å²) in [5, 5.41) is 7.94. The van der Waals surface area contributed by atoms with E-state index in [0.717, 1.165) is 31.2 Å². The van der Waals surface area contributed by atoms with Gasteiger partial charge in [0, 0.05) is 19.6 Å². The van der Waals surface area contributed by atoms with Gasteiger partial charge >= 0.3 is 0 Å². The third kappa shape index (κ3) is 5.83. The molecule has 2 N–H and O–H groups in total. The Balaban J connectivity index is 1.98. The molecule has 6 heteroatoms. The second-order valence-electron chi connectivity index (χ2n) is 6.53. The molecule has 1 aliphatic rings. The Morgan fingerprint density at radius 1 is 1.38 bits per heavy atom. The van der Waals surface area contributed by atoms with Crippen molar-refractivity contribution in [1.82, 2.24) is 15.5 Å². The molecule has 1 heterocycles. The van der Waals surface area contributed by atoms with Crippen LogP contribution in [0.15, 0.2) is 23.2 Å². The maximum Gasteiger partial charge on any atom is 0.191 e. The number of rotatable bonds is 5. The van der Waals surface area contributed by atoms with Crippen molar-refractivity contribution in [3.8, 4) is 0 Å². The maximum atomic E-state index is 6.12. The third-order valence-electron chi connectivity index (χ3n) is 4.37. The first-order chi connectivity index (χ1) is 11.5. The summed E-state index contributed by atoms with van der Waals surface area (Å²) in [5.74, 6) is 1.49. The van der Waals surface area contributed by atoms with Crippen LogP contribution in [0.5, 0.6) is 0 Å². The van der Waals surface area contributed by atoms with Crippen LogP contribution >= 0.6 is 23.2 Å². The number of halogens is 2. The third-order valence-corrected chi connectivity index (χ3v) is 5.11. The molecule has 2 rings (SSSR count). The summed E-state index contributed by atoms with van der Waals surface area (Å²) >= 11 is 12.1. The van der Waals surface area contributed by atoms with Gasteiger partial charge in [0.1, 0.15) is 0 Å². The van der Waals surface area contributed by atoms with Crippen LogP contribution in [-0.4, -0.2) is 44.1 Å². The number of likely N-dealkylation sites (tertiary alicyclic amines) is 1. The molecule has 0 spiro atoms. The molecule has 0 amide bonds. The van der Waals surface area contributed by atoms with Gasteiger partial charge in [0.25, 0.3) is 0 Å². The molecular weight excluding hydrogens is 343 g/mol. The number of aliphatic imine (C=N–C) groups is 1. The standard InChI is InChI=1S/C18H28Cl2N4/c1-4-21-18(22-11-14-6-5-9-24(3)12-14)23-13(2)15-7-8-16(19)17(20)10-15/h7-8,10,13-14H,4-6,9,11-12H2,1-3H3,(H2,21,22,23). The summed E-state index contributed by atoms with van der Waals surface area (Å²) in [4.78, 5) is 7.18. The van der Waals surface area contributed by atoms with Crippen LogP contribution in [0.4, 0.5) is 0 Å². The van der Waals surface area contributed by atoms with Crippen LogP contribution in [0, 0.1) is 5.92 Å². The molecule has 134 valence electrons. The number of guanidine groups is 1. The lowest BCUT2D eigenvalue weighted by atomic mass is 9.99. The average molecular weight is 371 g/mol. The van der Waals surface area contributed by atoms with E-state index in [1.54, 1.807) is 0 Å². The van der Waals surface area contributed by atoms with Gasteiger partial charge in [0.2, 0.25) is 0 Å². The lowest BCUT2D eigenvalue weighted by molar-refractivity contribution is 0.214. The molecule has 1 saturated heterocycles. The minimum absolute atomic E-state index is 0.103. The fraction of sp³-hybridized carbons (Fsp3) is 0.611. The van der Waals surface area contributed by atoms with E-state index >= 15 is 0 Å². The SMILES string of the molecule is CCNC(=NCC1CCCN(C)C1)NC(C)c1ccc(Cl)c(Cl)c1. The van der Waals surface area contributed by atoms with Gasteiger partial charge in [-0.05, 0) is 63.9 Å². The first-order valence-electron chi connectivity index (χ1n) is 8.68. The van der Waals surface area contributed by atoms with Crippen LogP contribution in [-0.2, 0) is 0 Å². The van der Waals surface area contributed by atoms with Crippen LogP contribution in [0.3, 0.4) is 0 Å². The second-order valence-corrected chi connectivity index (χ2v) is 7.34. The zero-order valence-corrected chi connectivity index (χ0v) is 16.3. The van der Waals surface area contributed by atoms with E-state index in [0.29, 0.717) is 16.0 Å². The Hall–Kier alpha value is -0.970. The molecule has 1 aromatic rings. The lowest BCUT2D eigenvalue weighted by Crippen LogP contribution is -2.40. The van der Waals surface area contributed by atoms with Crippen molar-refractivity contribution < 1.29 is 0 Å². The molecule has 24 heavy (non-hydrogen) atoms. The van der Waals surface area contributed by atoms with Gasteiger partial charge in [0.15, 0.2) is 5.96 Å². The van der Waals surface area contributed by atoms with Gasteiger partial charge in [0.05, 0.1) is 16.1 Å². The van der Waals surface area contributed by atoms with Gasteiger partial charge in [-0.3, -0.25) is 4.99 Å². The summed E-state index contributed by atoms with van der Waals surface area (Å²) in [6.07, 6.45) is 2.52. The molecule has 2 atom stereocenters. The number of hydrogen-bond acceptors (Lipinski definition) is 2. The Morgan fingerprint density at radius 3 is 2.83 bits per heavy atom.